The molecule has 0 aliphatic rings. The van der Waals surface area contributed by atoms with E-state index in [4.69, 9.17) is 4.42 Å². The summed E-state index contributed by atoms with van der Waals surface area (Å²) in [4.78, 5) is 0. The maximum Gasteiger partial charge on any atom is 0.104 e. The molecule has 1 aromatic heterocycles. The van der Waals surface area contributed by atoms with Gasteiger partial charge in [-0.25, -0.2) is 0 Å². The number of benzene rings is 1. The van der Waals surface area contributed by atoms with Crippen LogP contribution in [-0.4, -0.2) is 0 Å². The summed E-state index contributed by atoms with van der Waals surface area (Å²) in [6.07, 6.45) is 2.70. The highest BCUT2D eigenvalue weighted by atomic mass is 16.3. The first-order valence-corrected chi connectivity index (χ1v) is 4.93. The molecular weight excluding hydrogens is 172 g/mol. The van der Waals surface area contributed by atoms with Crippen LogP contribution in [0.1, 0.15) is 24.2 Å². The lowest BCUT2D eigenvalue weighted by molar-refractivity contribution is 0.493. The van der Waals surface area contributed by atoms with Crippen molar-refractivity contribution in [3.8, 4) is 0 Å². The molecular formula is C13H14O. The van der Waals surface area contributed by atoms with Gasteiger partial charge in [-0.2, -0.15) is 0 Å². The van der Waals surface area contributed by atoms with Crippen molar-refractivity contribution >= 4 is 0 Å². The number of hydrogen-bond acceptors (Lipinski definition) is 1. The summed E-state index contributed by atoms with van der Waals surface area (Å²) in [5, 5.41) is 0. The Hall–Kier alpha value is -1.50. The summed E-state index contributed by atoms with van der Waals surface area (Å²) < 4.78 is 5.33. The van der Waals surface area contributed by atoms with E-state index in [9.17, 15) is 0 Å². The smallest absolute Gasteiger partial charge is 0.104 e. The molecule has 2 aromatic rings. The summed E-state index contributed by atoms with van der Waals surface area (Å²) >= 11 is 0. The molecule has 1 unspecified atom stereocenters. The molecule has 1 heterocycles. The van der Waals surface area contributed by atoms with Crippen LogP contribution in [0.3, 0.4) is 0 Å². The van der Waals surface area contributed by atoms with Crippen LogP contribution in [0, 0.1) is 0 Å². The van der Waals surface area contributed by atoms with Gasteiger partial charge in [0.25, 0.3) is 0 Å². The minimum absolute atomic E-state index is 0.516. The lowest BCUT2D eigenvalue weighted by Crippen LogP contribution is -1.96. The fraction of sp³-hybridized carbons (Fsp3) is 0.231. The van der Waals surface area contributed by atoms with Crippen LogP contribution in [0.25, 0.3) is 0 Å². The molecule has 1 atom stereocenters. The number of rotatable bonds is 3. The van der Waals surface area contributed by atoms with E-state index >= 15 is 0 Å². The van der Waals surface area contributed by atoms with Gasteiger partial charge in [0.15, 0.2) is 0 Å². The summed E-state index contributed by atoms with van der Waals surface area (Å²) in [7, 11) is 0. The van der Waals surface area contributed by atoms with Gasteiger partial charge in [0, 0.05) is 6.42 Å². The third kappa shape index (κ3) is 2.05. The van der Waals surface area contributed by atoms with Gasteiger partial charge in [0.2, 0.25) is 0 Å². The van der Waals surface area contributed by atoms with Gasteiger partial charge in [0.05, 0.1) is 6.26 Å². The van der Waals surface area contributed by atoms with Gasteiger partial charge >= 0.3 is 0 Å². The lowest BCUT2D eigenvalue weighted by atomic mass is 9.97. The molecule has 0 amide bonds. The van der Waals surface area contributed by atoms with Gasteiger partial charge in [-0.05, 0) is 23.6 Å². The molecule has 0 N–H and O–H groups in total. The molecule has 2 rings (SSSR count). The fourth-order valence-electron chi connectivity index (χ4n) is 1.63. The molecule has 0 radical (unpaired) electrons. The summed E-state index contributed by atoms with van der Waals surface area (Å²) in [6.45, 7) is 2.22. The zero-order valence-corrected chi connectivity index (χ0v) is 8.31. The van der Waals surface area contributed by atoms with E-state index in [0.717, 1.165) is 12.2 Å². The maximum absolute atomic E-state index is 5.33. The minimum Gasteiger partial charge on any atom is -0.469 e. The van der Waals surface area contributed by atoms with Crippen molar-refractivity contribution in [2.45, 2.75) is 19.3 Å². The standard InChI is InChI=1S/C13H14O/c1-11(10-13-8-5-9-14-13)12-6-3-2-4-7-12/h2-9,11H,10H2,1H3. The second-order valence-corrected chi connectivity index (χ2v) is 3.60. The predicted molar refractivity (Wildman–Crippen MR) is 57.3 cm³/mol. The SMILES string of the molecule is CC(Cc1ccco1)c1ccccc1. The second kappa shape index (κ2) is 4.14. The van der Waals surface area contributed by atoms with Crippen molar-refractivity contribution in [3.05, 3.63) is 60.1 Å². The molecule has 0 fully saturated rings. The van der Waals surface area contributed by atoms with Crippen molar-refractivity contribution < 1.29 is 4.42 Å². The number of furan rings is 1. The molecule has 72 valence electrons. The van der Waals surface area contributed by atoms with E-state index in [-0.39, 0.29) is 0 Å². The topological polar surface area (TPSA) is 13.1 Å². The molecule has 0 aliphatic carbocycles. The Morgan fingerprint density at radius 2 is 1.86 bits per heavy atom. The van der Waals surface area contributed by atoms with E-state index in [1.54, 1.807) is 6.26 Å². The zero-order chi connectivity index (χ0) is 9.80. The minimum atomic E-state index is 0.516. The van der Waals surface area contributed by atoms with Crippen LogP contribution in [0.4, 0.5) is 0 Å². The molecule has 1 nitrogen and oxygen atoms in total. The van der Waals surface area contributed by atoms with Crippen LogP contribution in [0.5, 0.6) is 0 Å². The molecule has 1 heteroatoms. The van der Waals surface area contributed by atoms with Crippen molar-refractivity contribution in [2.24, 2.45) is 0 Å². The van der Waals surface area contributed by atoms with Crippen molar-refractivity contribution in [2.75, 3.05) is 0 Å². The highest BCUT2D eigenvalue weighted by molar-refractivity contribution is 5.20. The van der Waals surface area contributed by atoms with Crippen LogP contribution in [0.15, 0.2) is 53.1 Å². The van der Waals surface area contributed by atoms with E-state index in [2.05, 4.69) is 31.2 Å². The molecule has 0 saturated carbocycles. The maximum atomic E-state index is 5.33. The molecule has 0 aliphatic heterocycles. The van der Waals surface area contributed by atoms with E-state index in [0.29, 0.717) is 5.92 Å². The average molecular weight is 186 g/mol. The molecule has 1 aromatic carbocycles. The summed E-state index contributed by atoms with van der Waals surface area (Å²) in [5.74, 6) is 1.57. The van der Waals surface area contributed by atoms with Crippen LogP contribution in [0.2, 0.25) is 0 Å². The molecule has 0 bridgehead atoms. The second-order valence-electron chi connectivity index (χ2n) is 3.60. The molecule has 14 heavy (non-hydrogen) atoms. The average Bonchev–Trinajstić information content (AvgIpc) is 2.72. The van der Waals surface area contributed by atoms with Crippen molar-refractivity contribution in [1.82, 2.24) is 0 Å². The van der Waals surface area contributed by atoms with Crippen molar-refractivity contribution in [3.63, 3.8) is 0 Å². The van der Waals surface area contributed by atoms with Crippen molar-refractivity contribution in [1.29, 1.82) is 0 Å². The fourth-order valence-corrected chi connectivity index (χ4v) is 1.63. The third-order valence-corrected chi connectivity index (χ3v) is 2.46. The highest BCUT2D eigenvalue weighted by Gasteiger charge is 2.07. The first-order chi connectivity index (χ1) is 6.86. The van der Waals surface area contributed by atoms with Gasteiger partial charge in [-0.3, -0.25) is 0 Å². The Morgan fingerprint density at radius 1 is 1.07 bits per heavy atom. The lowest BCUT2D eigenvalue weighted by Gasteiger charge is -2.09. The largest absolute Gasteiger partial charge is 0.469 e. The first-order valence-electron chi connectivity index (χ1n) is 4.93. The Kier molecular flexibility index (Phi) is 2.68. The van der Waals surface area contributed by atoms with E-state index in [1.807, 2.05) is 18.2 Å². The van der Waals surface area contributed by atoms with Crippen LogP contribution in [-0.2, 0) is 6.42 Å². The summed E-state index contributed by atoms with van der Waals surface area (Å²) in [6, 6.07) is 14.5. The van der Waals surface area contributed by atoms with Crippen LogP contribution >= 0.6 is 0 Å². The Balaban J connectivity index is 2.07. The van der Waals surface area contributed by atoms with Gasteiger partial charge in [-0.15, -0.1) is 0 Å². The van der Waals surface area contributed by atoms with E-state index < -0.39 is 0 Å². The van der Waals surface area contributed by atoms with Gasteiger partial charge in [0.1, 0.15) is 5.76 Å². The van der Waals surface area contributed by atoms with Gasteiger partial charge < -0.3 is 4.42 Å². The predicted octanol–water partition coefficient (Wildman–Crippen LogP) is 3.63. The normalized spacial score (nSPS) is 12.6. The molecule has 0 saturated heterocycles. The first kappa shape index (κ1) is 9.07. The van der Waals surface area contributed by atoms with Gasteiger partial charge in [-0.1, -0.05) is 37.3 Å². The quantitative estimate of drug-likeness (QED) is 0.713. The van der Waals surface area contributed by atoms with E-state index in [1.165, 1.54) is 5.56 Å². The third-order valence-electron chi connectivity index (χ3n) is 2.46. The zero-order valence-electron chi connectivity index (χ0n) is 8.31. The Bertz CT molecular complexity index is 361. The Morgan fingerprint density at radius 3 is 2.50 bits per heavy atom. The summed E-state index contributed by atoms with van der Waals surface area (Å²) in [5.41, 5.74) is 1.36. The monoisotopic (exact) mass is 186 g/mol. The Labute approximate surface area is 84.4 Å². The number of hydrogen-bond donors (Lipinski definition) is 0. The van der Waals surface area contributed by atoms with Crippen LogP contribution < -0.4 is 0 Å². The highest BCUT2D eigenvalue weighted by Crippen LogP contribution is 2.19. The molecule has 0 spiro atoms.